The van der Waals surface area contributed by atoms with Crippen molar-refractivity contribution >= 4 is 23.6 Å². The van der Waals surface area contributed by atoms with Gasteiger partial charge in [0.05, 0.1) is 18.0 Å². The zero-order valence-corrected chi connectivity index (χ0v) is 12.9. The van der Waals surface area contributed by atoms with Crippen LogP contribution >= 0.6 is 11.6 Å². The molecule has 22 heavy (non-hydrogen) atoms. The molecular formula is C16H16ClFN2O2. The third-order valence-electron chi connectivity index (χ3n) is 3.09. The number of esters is 1. The summed E-state index contributed by atoms with van der Waals surface area (Å²) in [5.41, 5.74) is 1.73. The van der Waals surface area contributed by atoms with E-state index in [1.165, 1.54) is 30.4 Å². The summed E-state index contributed by atoms with van der Waals surface area (Å²) in [6.07, 6.45) is 7.88. The molecule has 116 valence electrons. The Morgan fingerprint density at radius 2 is 2.32 bits per heavy atom. The predicted molar refractivity (Wildman–Crippen MR) is 82.9 cm³/mol. The third kappa shape index (κ3) is 4.70. The number of aromatic nitrogens is 2. The SMILES string of the molecule is Cn1cncc1CCCOC(=O)/C=C/c1ccc(F)c(Cl)c1. The van der Waals surface area contributed by atoms with Gasteiger partial charge >= 0.3 is 5.97 Å². The summed E-state index contributed by atoms with van der Waals surface area (Å²) in [7, 11) is 1.92. The van der Waals surface area contributed by atoms with Gasteiger partial charge in [0, 0.05) is 25.0 Å². The maximum atomic E-state index is 13.0. The number of hydrogen-bond acceptors (Lipinski definition) is 3. The van der Waals surface area contributed by atoms with Crippen molar-refractivity contribution in [3.05, 3.63) is 58.9 Å². The Kier molecular flexibility index (Phi) is 5.72. The fourth-order valence-electron chi connectivity index (χ4n) is 1.88. The largest absolute Gasteiger partial charge is 0.463 e. The van der Waals surface area contributed by atoms with Gasteiger partial charge in [0.25, 0.3) is 0 Å². The number of benzene rings is 1. The van der Waals surface area contributed by atoms with Gasteiger partial charge in [-0.1, -0.05) is 17.7 Å². The number of ether oxygens (including phenoxy) is 1. The molecule has 1 aromatic carbocycles. The van der Waals surface area contributed by atoms with E-state index in [4.69, 9.17) is 16.3 Å². The van der Waals surface area contributed by atoms with Crippen molar-refractivity contribution in [3.63, 3.8) is 0 Å². The van der Waals surface area contributed by atoms with Crippen molar-refractivity contribution in [1.82, 2.24) is 9.55 Å². The van der Waals surface area contributed by atoms with Gasteiger partial charge in [0.15, 0.2) is 0 Å². The number of imidazole rings is 1. The van der Waals surface area contributed by atoms with E-state index in [2.05, 4.69) is 4.98 Å². The molecular weight excluding hydrogens is 307 g/mol. The van der Waals surface area contributed by atoms with Crippen LogP contribution in [-0.4, -0.2) is 22.1 Å². The van der Waals surface area contributed by atoms with Crippen LogP contribution in [0.1, 0.15) is 17.7 Å². The molecule has 0 aliphatic heterocycles. The van der Waals surface area contributed by atoms with Crippen LogP contribution in [0.25, 0.3) is 6.08 Å². The fourth-order valence-corrected chi connectivity index (χ4v) is 2.07. The molecule has 1 aromatic heterocycles. The number of carbonyl (C=O) groups is 1. The minimum atomic E-state index is -0.489. The number of hydrogen-bond donors (Lipinski definition) is 0. The standard InChI is InChI=1S/C16H16ClFN2O2/c1-20-11-19-10-13(20)3-2-8-22-16(21)7-5-12-4-6-15(18)14(17)9-12/h4-7,9-11H,2-3,8H2,1H3/b7-5+. The molecule has 0 saturated heterocycles. The summed E-state index contributed by atoms with van der Waals surface area (Å²) in [4.78, 5) is 15.6. The minimum Gasteiger partial charge on any atom is -0.463 e. The summed E-state index contributed by atoms with van der Waals surface area (Å²) >= 11 is 5.66. The van der Waals surface area contributed by atoms with Crippen LogP contribution in [0.4, 0.5) is 4.39 Å². The number of halogens is 2. The van der Waals surface area contributed by atoms with E-state index in [1.807, 2.05) is 11.6 Å². The Morgan fingerprint density at radius 3 is 3.00 bits per heavy atom. The van der Waals surface area contributed by atoms with Crippen LogP contribution in [0, 0.1) is 5.82 Å². The van der Waals surface area contributed by atoms with Crippen molar-refractivity contribution < 1.29 is 13.9 Å². The lowest BCUT2D eigenvalue weighted by molar-refractivity contribution is -0.137. The van der Waals surface area contributed by atoms with Gasteiger partial charge in [-0.3, -0.25) is 0 Å². The Hall–Kier alpha value is -2.14. The van der Waals surface area contributed by atoms with Crippen LogP contribution in [-0.2, 0) is 23.0 Å². The first-order valence-electron chi connectivity index (χ1n) is 6.81. The summed E-state index contributed by atoms with van der Waals surface area (Å²) in [5, 5.41) is 0.0201. The minimum absolute atomic E-state index is 0.0201. The molecule has 0 aliphatic rings. The number of carbonyl (C=O) groups excluding carboxylic acids is 1. The smallest absolute Gasteiger partial charge is 0.330 e. The van der Waals surface area contributed by atoms with Crippen molar-refractivity contribution in [1.29, 1.82) is 0 Å². The van der Waals surface area contributed by atoms with Gasteiger partial charge < -0.3 is 9.30 Å². The van der Waals surface area contributed by atoms with Crippen LogP contribution in [0.15, 0.2) is 36.8 Å². The first-order valence-corrected chi connectivity index (χ1v) is 7.19. The molecule has 0 atom stereocenters. The zero-order chi connectivity index (χ0) is 15.9. The molecule has 0 saturated carbocycles. The van der Waals surface area contributed by atoms with Crippen LogP contribution in [0.2, 0.25) is 5.02 Å². The van der Waals surface area contributed by atoms with E-state index >= 15 is 0 Å². The van der Waals surface area contributed by atoms with Crippen molar-refractivity contribution in [3.8, 4) is 0 Å². The van der Waals surface area contributed by atoms with E-state index < -0.39 is 11.8 Å². The molecule has 1 heterocycles. The Morgan fingerprint density at radius 1 is 1.50 bits per heavy atom. The summed E-state index contributed by atoms with van der Waals surface area (Å²) < 4.78 is 20.0. The highest BCUT2D eigenvalue weighted by Crippen LogP contribution is 2.16. The molecule has 0 amide bonds. The van der Waals surface area contributed by atoms with Gasteiger partial charge in [-0.25, -0.2) is 14.2 Å². The lowest BCUT2D eigenvalue weighted by Gasteiger charge is -2.03. The molecule has 0 radical (unpaired) electrons. The van der Waals surface area contributed by atoms with E-state index in [-0.39, 0.29) is 5.02 Å². The Bertz CT molecular complexity index is 683. The van der Waals surface area contributed by atoms with Crippen LogP contribution in [0.5, 0.6) is 0 Å². The zero-order valence-electron chi connectivity index (χ0n) is 12.1. The maximum absolute atomic E-state index is 13.0. The first kappa shape index (κ1) is 16.2. The summed E-state index contributed by atoms with van der Waals surface area (Å²) in [5.74, 6) is -0.929. The van der Waals surface area contributed by atoms with Crippen LogP contribution in [0.3, 0.4) is 0 Å². The van der Waals surface area contributed by atoms with Gasteiger partial charge in [-0.05, 0) is 36.6 Å². The molecule has 2 aromatic rings. The fraction of sp³-hybridized carbons (Fsp3) is 0.250. The Balaban J connectivity index is 1.74. The van der Waals surface area contributed by atoms with E-state index in [9.17, 15) is 9.18 Å². The van der Waals surface area contributed by atoms with Crippen LogP contribution < -0.4 is 0 Å². The van der Waals surface area contributed by atoms with Crippen molar-refractivity contribution in [2.75, 3.05) is 6.61 Å². The van der Waals surface area contributed by atoms with Gasteiger partial charge in [-0.2, -0.15) is 0 Å². The molecule has 0 fully saturated rings. The van der Waals surface area contributed by atoms with E-state index in [0.29, 0.717) is 12.2 Å². The van der Waals surface area contributed by atoms with Crippen molar-refractivity contribution in [2.24, 2.45) is 7.05 Å². The second kappa shape index (κ2) is 7.75. The monoisotopic (exact) mass is 322 g/mol. The second-order valence-electron chi connectivity index (χ2n) is 4.77. The molecule has 4 nitrogen and oxygen atoms in total. The third-order valence-corrected chi connectivity index (χ3v) is 3.38. The summed E-state index contributed by atoms with van der Waals surface area (Å²) in [6.45, 7) is 0.332. The van der Waals surface area contributed by atoms with E-state index in [0.717, 1.165) is 18.5 Å². The number of nitrogens with zero attached hydrogens (tertiary/aromatic N) is 2. The van der Waals surface area contributed by atoms with E-state index in [1.54, 1.807) is 12.5 Å². The van der Waals surface area contributed by atoms with Gasteiger partial charge in [0.1, 0.15) is 5.82 Å². The average molecular weight is 323 g/mol. The normalized spacial score (nSPS) is 11.0. The molecule has 0 aliphatic carbocycles. The lowest BCUT2D eigenvalue weighted by atomic mass is 10.2. The van der Waals surface area contributed by atoms with Crippen molar-refractivity contribution in [2.45, 2.75) is 12.8 Å². The van der Waals surface area contributed by atoms with Gasteiger partial charge in [-0.15, -0.1) is 0 Å². The summed E-state index contributed by atoms with van der Waals surface area (Å²) in [6, 6.07) is 4.23. The highest BCUT2D eigenvalue weighted by atomic mass is 35.5. The predicted octanol–water partition coefficient (Wildman–Crippen LogP) is 3.40. The quantitative estimate of drug-likeness (QED) is 0.465. The molecule has 0 unspecified atom stereocenters. The molecule has 0 bridgehead atoms. The lowest BCUT2D eigenvalue weighted by Crippen LogP contribution is -2.04. The molecule has 0 N–H and O–H groups in total. The maximum Gasteiger partial charge on any atom is 0.330 e. The molecule has 6 heteroatoms. The highest BCUT2D eigenvalue weighted by molar-refractivity contribution is 6.30. The second-order valence-corrected chi connectivity index (χ2v) is 5.18. The van der Waals surface area contributed by atoms with Gasteiger partial charge in [0.2, 0.25) is 0 Å². The first-order chi connectivity index (χ1) is 10.6. The molecule has 0 spiro atoms. The highest BCUT2D eigenvalue weighted by Gasteiger charge is 2.02. The molecule has 2 rings (SSSR count). The average Bonchev–Trinajstić information content (AvgIpc) is 2.90. The number of rotatable bonds is 6. The Labute approximate surface area is 133 Å². The number of aryl methyl sites for hydroxylation is 2. The topological polar surface area (TPSA) is 44.1 Å².